The third-order valence-electron chi connectivity index (χ3n) is 5.65. The number of fused-ring (bicyclic) bond motifs is 1. The normalized spacial score (nSPS) is 15.3. The summed E-state index contributed by atoms with van der Waals surface area (Å²) in [5, 5.41) is 17.4. The van der Waals surface area contributed by atoms with Crippen LogP contribution in [0.3, 0.4) is 0 Å². The van der Waals surface area contributed by atoms with Crippen molar-refractivity contribution in [2.75, 3.05) is 12.4 Å². The van der Waals surface area contributed by atoms with E-state index in [1.54, 1.807) is 0 Å². The summed E-state index contributed by atoms with van der Waals surface area (Å²) in [6, 6.07) is 3.74. The molecule has 0 saturated carbocycles. The zero-order valence-corrected chi connectivity index (χ0v) is 17.1. The van der Waals surface area contributed by atoms with E-state index < -0.39 is 0 Å². The van der Waals surface area contributed by atoms with Gasteiger partial charge in [-0.15, -0.1) is 0 Å². The Hall–Kier alpha value is -2.89. The Labute approximate surface area is 165 Å². The van der Waals surface area contributed by atoms with E-state index in [4.69, 9.17) is 4.52 Å². The lowest BCUT2D eigenvalue weighted by Crippen LogP contribution is -2.24. The molecule has 0 aliphatic heterocycles. The predicted molar refractivity (Wildman–Crippen MR) is 109 cm³/mol. The van der Waals surface area contributed by atoms with Gasteiger partial charge in [-0.3, -0.25) is 0 Å². The van der Waals surface area contributed by atoms with Crippen molar-refractivity contribution in [2.45, 2.75) is 47.0 Å². The molecule has 0 radical (unpaired) electrons. The second kappa shape index (κ2) is 6.62. The monoisotopic (exact) mass is 378 g/mol. The van der Waals surface area contributed by atoms with E-state index in [0.29, 0.717) is 17.5 Å². The maximum atomic E-state index is 10.0. The standard InChI is InChI=1S/C22H26N4O2/c1-12-8-14(9-13(2)18(12)27)19-25-21(28-26-19)17-11-24-20(23-5)16-10-22(3,4)7-6-15(16)17/h8-9,11,27H,6-7,10H2,1-5H3,(H,23,24). The molecule has 28 heavy (non-hydrogen) atoms. The summed E-state index contributed by atoms with van der Waals surface area (Å²) >= 11 is 0. The highest BCUT2D eigenvalue weighted by molar-refractivity contribution is 5.68. The van der Waals surface area contributed by atoms with Gasteiger partial charge in [0.05, 0.1) is 5.56 Å². The van der Waals surface area contributed by atoms with Gasteiger partial charge in [-0.05, 0) is 72.9 Å². The second-order valence-corrected chi connectivity index (χ2v) is 8.45. The average molecular weight is 378 g/mol. The van der Waals surface area contributed by atoms with E-state index in [9.17, 15) is 5.11 Å². The number of aromatic hydroxyl groups is 1. The number of phenolic OH excluding ortho intramolecular Hbond substituents is 1. The van der Waals surface area contributed by atoms with Gasteiger partial charge < -0.3 is 14.9 Å². The lowest BCUT2D eigenvalue weighted by molar-refractivity contribution is 0.315. The van der Waals surface area contributed by atoms with Gasteiger partial charge in [0.15, 0.2) is 0 Å². The van der Waals surface area contributed by atoms with Gasteiger partial charge in [0.25, 0.3) is 5.89 Å². The number of anilines is 1. The molecule has 0 atom stereocenters. The van der Waals surface area contributed by atoms with Crippen LogP contribution in [0, 0.1) is 19.3 Å². The van der Waals surface area contributed by atoms with Crippen LogP contribution >= 0.6 is 0 Å². The number of hydrogen-bond donors (Lipinski definition) is 2. The van der Waals surface area contributed by atoms with E-state index in [1.165, 1.54) is 11.1 Å². The van der Waals surface area contributed by atoms with Crippen molar-refractivity contribution >= 4 is 5.82 Å². The first-order valence-electron chi connectivity index (χ1n) is 9.62. The first kappa shape index (κ1) is 18.5. The maximum absolute atomic E-state index is 10.0. The van der Waals surface area contributed by atoms with Gasteiger partial charge in [0, 0.05) is 18.8 Å². The molecule has 6 nitrogen and oxygen atoms in total. The summed E-state index contributed by atoms with van der Waals surface area (Å²) in [6.07, 6.45) is 4.87. The zero-order chi connectivity index (χ0) is 20.1. The van der Waals surface area contributed by atoms with Gasteiger partial charge in [-0.25, -0.2) is 4.98 Å². The fourth-order valence-electron chi connectivity index (χ4n) is 4.03. The molecule has 6 heteroatoms. The molecule has 3 aromatic rings. The van der Waals surface area contributed by atoms with E-state index in [1.807, 2.05) is 39.2 Å². The topological polar surface area (TPSA) is 84.1 Å². The minimum Gasteiger partial charge on any atom is -0.507 e. The fourth-order valence-corrected chi connectivity index (χ4v) is 4.03. The number of aryl methyl sites for hydroxylation is 2. The van der Waals surface area contributed by atoms with Crippen molar-refractivity contribution in [3.8, 4) is 28.6 Å². The van der Waals surface area contributed by atoms with Crippen LogP contribution in [0.25, 0.3) is 22.8 Å². The van der Waals surface area contributed by atoms with Crippen molar-refractivity contribution in [1.29, 1.82) is 0 Å². The van der Waals surface area contributed by atoms with Crippen LogP contribution in [0.4, 0.5) is 5.82 Å². The lowest BCUT2D eigenvalue weighted by atomic mass is 9.73. The fraction of sp³-hybridized carbons (Fsp3) is 0.409. The van der Waals surface area contributed by atoms with Crippen LogP contribution in [0.1, 0.15) is 42.5 Å². The molecule has 1 aromatic carbocycles. The average Bonchev–Trinajstić information content (AvgIpc) is 3.14. The van der Waals surface area contributed by atoms with Gasteiger partial charge in [0.2, 0.25) is 5.82 Å². The minimum absolute atomic E-state index is 0.250. The Morgan fingerprint density at radius 1 is 1.14 bits per heavy atom. The largest absolute Gasteiger partial charge is 0.507 e. The van der Waals surface area contributed by atoms with Crippen molar-refractivity contribution < 1.29 is 9.63 Å². The molecule has 0 amide bonds. The molecule has 4 rings (SSSR count). The van der Waals surface area contributed by atoms with Gasteiger partial charge in [0.1, 0.15) is 11.6 Å². The van der Waals surface area contributed by atoms with Gasteiger partial charge >= 0.3 is 0 Å². The summed E-state index contributed by atoms with van der Waals surface area (Å²) in [5.41, 5.74) is 6.06. The van der Waals surface area contributed by atoms with Crippen molar-refractivity contribution in [3.05, 3.63) is 40.6 Å². The molecule has 146 valence electrons. The molecule has 0 saturated heterocycles. The highest BCUT2D eigenvalue weighted by Gasteiger charge is 2.30. The van der Waals surface area contributed by atoms with Crippen molar-refractivity contribution in [3.63, 3.8) is 0 Å². The molecule has 2 aromatic heterocycles. The van der Waals surface area contributed by atoms with Crippen LogP contribution < -0.4 is 5.32 Å². The first-order chi connectivity index (χ1) is 13.3. The molecule has 2 N–H and O–H groups in total. The summed E-state index contributed by atoms with van der Waals surface area (Å²) < 4.78 is 5.62. The van der Waals surface area contributed by atoms with E-state index in [0.717, 1.165) is 47.3 Å². The van der Waals surface area contributed by atoms with Crippen LogP contribution in [0.5, 0.6) is 5.75 Å². The summed E-state index contributed by atoms with van der Waals surface area (Å²) in [6.45, 7) is 8.32. The third-order valence-corrected chi connectivity index (χ3v) is 5.65. The Balaban J connectivity index is 1.78. The van der Waals surface area contributed by atoms with E-state index in [2.05, 4.69) is 34.3 Å². The number of phenols is 1. The second-order valence-electron chi connectivity index (χ2n) is 8.45. The Morgan fingerprint density at radius 2 is 1.86 bits per heavy atom. The first-order valence-corrected chi connectivity index (χ1v) is 9.62. The van der Waals surface area contributed by atoms with Crippen molar-refractivity contribution in [1.82, 2.24) is 15.1 Å². The third kappa shape index (κ3) is 3.13. The number of rotatable bonds is 3. The number of nitrogens with zero attached hydrogens (tertiary/aromatic N) is 3. The SMILES string of the molecule is CNc1ncc(-c2nc(-c3cc(C)c(O)c(C)c3)no2)c2c1CC(C)(C)CC2. The number of hydrogen-bond acceptors (Lipinski definition) is 6. The molecule has 2 heterocycles. The summed E-state index contributed by atoms with van der Waals surface area (Å²) in [5.74, 6) is 2.24. The number of aromatic nitrogens is 3. The summed E-state index contributed by atoms with van der Waals surface area (Å²) in [7, 11) is 1.91. The van der Waals surface area contributed by atoms with Crippen LogP contribution in [-0.2, 0) is 12.8 Å². The Morgan fingerprint density at radius 3 is 2.54 bits per heavy atom. The smallest absolute Gasteiger partial charge is 0.260 e. The lowest BCUT2D eigenvalue weighted by Gasteiger charge is -2.32. The molecule has 0 fully saturated rings. The molecular weight excluding hydrogens is 352 g/mol. The quantitative estimate of drug-likeness (QED) is 0.688. The molecule has 0 spiro atoms. The molecular formula is C22H26N4O2. The number of pyridine rings is 1. The van der Waals surface area contributed by atoms with Crippen molar-refractivity contribution in [2.24, 2.45) is 5.41 Å². The maximum Gasteiger partial charge on any atom is 0.260 e. The Kier molecular flexibility index (Phi) is 4.37. The number of nitrogens with one attached hydrogen (secondary N) is 1. The summed E-state index contributed by atoms with van der Waals surface area (Å²) in [4.78, 5) is 9.25. The molecule has 0 bridgehead atoms. The zero-order valence-electron chi connectivity index (χ0n) is 17.1. The molecule has 1 aliphatic rings. The van der Waals surface area contributed by atoms with Crippen LogP contribution in [0.2, 0.25) is 0 Å². The van der Waals surface area contributed by atoms with Gasteiger partial charge in [-0.1, -0.05) is 19.0 Å². The number of benzene rings is 1. The highest BCUT2D eigenvalue weighted by atomic mass is 16.5. The van der Waals surface area contributed by atoms with E-state index >= 15 is 0 Å². The minimum atomic E-state index is 0.250. The highest BCUT2D eigenvalue weighted by Crippen LogP contribution is 2.41. The Bertz CT molecular complexity index is 1030. The van der Waals surface area contributed by atoms with Gasteiger partial charge in [-0.2, -0.15) is 4.98 Å². The molecule has 0 unspecified atom stereocenters. The molecule has 1 aliphatic carbocycles. The predicted octanol–water partition coefficient (Wildman–Crippen LogP) is 4.68. The van der Waals surface area contributed by atoms with Crippen LogP contribution in [0.15, 0.2) is 22.9 Å². The van der Waals surface area contributed by atoms with E-state index in [-0.39, 0.29) is 5.41 Å². The van der Waals surface area contributed by atoms with Crippen LogP contribution in [-0.4, -0.2) is 27.3 Å².